The zero-order chi connectivity index (χ0) is 7.40. The number of carbonyl (C=O) groups is 1. The standard InChI is InChI=1S/C6H13N3O/c7-1-3-9-4-2-8-6(9)5-10/h5-6,8H,1-4,7H2. The van der Waals surface area contributed by atoms with Crippen molar-refractivity contribution in [1.29, 1.82) is 0 Å². The lowest BCUT2D eigenvalue weighted by atomic mass is 10.4. The summed E-state index contributed by atoms with van der Waals surface area (Å²) in [5.41, 5.74) is 5.34. The fourth-order valence-corrected chi connectivity index (χ4v) is 1.18. The summed E-state index contributed by atoms with van der Waals surface area (Å²) >= 11 is 0. The molecule has 10 heavy (non-hydrogen) atoms. The number of hydrogen-bond donors (Lipinski definition) is 2. The van der Waals surface area contributed by atoms with Gasteiger partial charge in [-0.15, -0.1) is 0 Å². The van der Waals surface area contributed by atoms with E-state index in [1.165, 1.54) is 0 Å². The molecule has 0 aromatic carbocycles. The van der Waals surface area contributed by atoms with Crippen molar-refractivity contribution in [3.8, 4) is 0 Å². The molecule has 1 aliphatic rings. The largest absolute Gasteiger partial charge is 0.329 e. The third-order valence-corrected chi connectivity index (χ3v) is 1.69. The number of hydrogen-bond acceptors (Lipinski definition) is 4. The smallest absolute Gasteiger partial charge is 0.151 e. The number of rotatable bonds is 3. The average molecular weight is 143 g/mol. The van der Waals surface area contributed by atoms with Crippen molar-refractivity contribution in [3.05, 3.63) is 0 Å². The molecule has 0 aromatic rings. The van der Waals surface area contributed by atoms with Gasteiger partial charge in [0.2, 0.25) is 0 Å². The summed E-state index contributed by atoms with van der Waals surface area (Å²) in [4.78, 5) is 12.4. The van der Waals surface area contributed by atoms with Crippen LogP contribution in [0.5, 0.6) is 0 Å². The molecule has 1 unspecified atom stereocenters. The van der Waals surface area contributed by atoms with Crippen molar-refractivity contribution in [2.75, 3.05) is 26.2 Å². The normalized spacial score (nSPS) is 27.1. The van der Waals surface area contributed by atoms with Gasteiger partial charge in [-0.25, -0.2) is 0 Å². The van der Waals surface area contributed by atoms with Gasteiger partial charge in [0.25, 0.3) is 0 Å². The van der Waals surface area contributed by atoms with E-state index < -0.39 is 0 Å². The van der Waals surface area contributed by atoms with Gasteiger partial charge in [-0.1, -0.05) is 0 Å². The average Bonchev–Trinajstić information content (AvgIpc) is 2.36. The molecule has 58 valence electrons. The maximum atomic E-state index is 10.3. The van der Waals surface area contributed by atoms with E-state index in [1.807, 2.05) is 4.90 Å². The van der Waals surface area contributed by atoms with E-state index >= 15 is 0 Å². The van der Waals surface area contributed by atoms with E-state index in [2.05, 4.69) is 5.32 Å². The highest BCUT2D eigenvalue weighted by Gasteiger charge is 2.21. The second-order valence-electron chi connectivity index (χ2n) is 2.36. The van der Waals surface area contributed by atoms with E-state index in [9.17, 15) is 4.79 Å². The van der Waals surface area contributed by atoms with Crippen LogP contribution in [-0.2, 0) is 4.79 Å². The van der Waals surface area contributed by atoms with Gasteiger partial charge < -0.3 is 10.5 Å². The molecule has 1 fully saturated rings. The third-order valence-electron chi connectivity index (χ3n) is 1.69. The lowest BCUT2D eigenvalue weighted by molar-refractivity contribution is -0.112. The van der Waals surface area contributed by atoms with Crippen LogP contribution in [0.4, 0.5) is 0 Å². The van der Waals surface area contributed by atoms with Crippen LogP contribution in [0.3, 0.4) is 0 Å². The van der Waals surface area contributed by atoms with Crippen molar-refractivity contribution in [2.45, 2.75) is 6.17 Å². The first-order valence-corrected chi connectivity index (χ1v) is 3.51. The first-order chi connectivity index (χ1) is 4.88. The lowest BCUT2D eigenvalue weighted by Crippen LogP contribution is -2.39. The van der Waals surface area contributed by atoms with E-state index in [4.69, 9.17) is 5.73 Å². The summed E-state index contributed by atoms with van der Waals surface area (Å²) in [7, 11) is 0. The van der Waals surface area contributed by atoms with E-state index in [0.717, 1.165) is 25.9 Å². The molecular formula is C6H13N3O. The Morgan fingerprint density at radius 2 is 2.60 bits per heavy atom. The maximum absolute atomic E-state index is 10.3. The predicted molar refractivity (Wildman–Crippen MR) is 38.5 cm³/mol. The third kappa shape index (κ3) is 1.53. The van der Waals surface area contributed by atoms with Crippen LogP contribution in [0.1, 0.15) is 0 Å². The minimum absolute atomic E-state index is 0.0939. The topological polar surface area (TPSA) is 58.4 Å². The van der Waals surface area contributed by atoms with E-state index in [0.29, 0.717) is 6.54 Å². The fourth-order valence-electron chi connectivity index (χ4n) is 1.18. The van der Waals surface area contributed by atoms with Crippen LogP contribution < -0.4 is 11.1 Å². The summed E-state index contributed by atoms with van der Waals surface area (Å²) < 4.78 is 0. The van der Waals surface area contributed by atoms with Crippen LogP contribution in [-0.4, -0.2) is 43.5 Å². The van der Waals surface area contributed by atoms with Crippen LogP contribution in [0.2, 0.25) is 0 Å². The fraction of sp³-hybridized carbons (Fsp3) is 0.833. The molecule has 1 heterocycles. The van der Waals surface area contributed by atoms with E-state index in [-0.39, 0.29) is 6.17 Å². The summed E-state index contributed by atoms with van der Waals surface area (Å²) in [6.45, 7) is 3.24. The molecular weight excluding hydrogens is 130 g/mol. The quantitative estimate of drug-likeness (QED) is 0.466. The molecule has 0 spiro atoms. The molecule has 0 amide bonds. The van der Waals surface area contributed by atoms with Crippen molar-refractivity contribution < 1.29 is 4.79 Å². The van der Waals surface area contributed by atoms with Crippen molar-refractivity contribution in [1.82, 2.24) is 10.2 Å². The van der Waals surface area contributed by atoms with Gasteiger partial charge in [-0.3, -0.25) is 10.2 Å². The minimum Gasteiger partial charge on any atom is -0.329 e. The summed E-state index contributed by atoms with van der Waals surface area (Å²) in [6, 6.07) is 0. The number of aldehydes is 1. The highest BCUT2D eigenvalue weighted by atomic mass is 16.1. The number of nitrogens with one attached hydrogen (secondary N) is 1. The molecule has 4 nitrogen and oxygen atoms in total. The Bertz CT molecular complexity index is 118. The molecule has 3 N–H and O–H groups in total. The molecule has 1 atom stereocenters. The van der Waals surface area contributed by atoms with Crippen molar-refractivity contribution in [3.63, 3.8) is 0 Å². The van der Waals surface area contributed by atoms with Crippen LogP contribution >= 0.6 is 0 Å². The maximum Gasteiger partial charge on any atom is 0.151 e. The predicted octanol–water partition coefficient (Wildman–Crippen LogP) is -1.62. The van der Waals surface area contributed by atoms with Crippen molar-refractivity contribution >= 4 is 6.29 Å². The Balaban J connectivity index is 2.34. The Hall–Kier alpha value is -0.450. The van der Waals surface area contributed by atoms with Gasteiger partial charge in [0.05, 0.1) is 0 Å². The van der Waals surface area contributed by atoms with Gasteiger partial charge in [0.1, 0.15) is 6.17 Å². The first kappa shape index (κ1) is 7.65. The Kier molecular flexibility index (Phi) is 2.80. The van der Waals surface area contributed by atoms with Gasteiger partial charge in [0, 0.05) is 26.2 Å². The van der Waals surface area contributed by atoms with E-state index in [1.54, 1.807) is 0 Å². The Morgan fingerprint density at radius 1 is 1.80 bits per heavy atom. The second kappa shape index (κ2) is 3.65. The second-order valence-corrected chi connectivity index (χ2v) is 2.36. The molecule has 1 aliphatic heterocycles. The van der Waals surface area contributed by atoms with Crippen molar-refractivity contribution in [2.24, 2.45) is 5.73 Å². The zero-order valence-corrected chi connectivity index (χ0v) is 5.92. The molecule has 1 rings (SSSR count). The molecule has 0 radical (unpaired) electrons. The van der Waals surface area contributed by atoms with Gasteiger partial charge in [0.15, 0.2) is 6.29 Å². The zero-order valence-electron chi connectivity index (χ0n) is 5.92. The number of nitrogens with zero attached hydrogens (tertiary/aromatic N) is 1. The van der Waals surface area contributed by atoms with Crippen LogP contribution in [0.15, 0.2) is 0 Å². The van der Waals surface area contributed by atoms with Crippen LogP contribution in [0, 0.1) is 0 Å². The molecule has 1 saturated heterocycles. The van der Waals surface area contributed by atoms with Gasteiger partial charge in [-0.05, 0) is 0 Å². The van der Waals surface area contributed by atoms with Gasteiger partial charge >= 0.3 is 0 Å². The molecule has 0 bridgehead atoms. The lowest BCUT2D eigenvalue weighted by Gasteiger charge is -2.17. The highest BCUT2D eigenvalue weighted by molar-refractivity contribution is 5.57. The molecule has 0 saturated carbocycles. The highest BCUT2D eigenvalue weighted by Crippen LogP contribution is 1.98. The summed E-state index contributed by atoms with van der Waals surface area (Å²) in [5, 5.41) is 3.04. The number of nitrogens with two attached hydrogens (primary N) is 1. The van der Waals surface area contributed by atoms with Gasteiger partial charge in [-0.2, -0.15) is 0 Å². The SMILES string of the molecule is NCCN1CCNC1C=O. The summed E-state index contributed by atoms with van der Waals surface area (Å²) in [5.74, 6) is 0. The Labute approximate surface area is 60.4 Å². The van der Waals surface area contributed by atoms with Crippen LogP contribution in [0.25, 0.3) is 0 Å². The number of carbonyl (C=O) groups excluding carboxylic acids is 1. The first-order valence-electron chi connectivity index (χ1n) is 3.51. The monoisotopic (exact) mass is 143 g/mol. The summed E-state index contributed by atoms with van der Waals surface area (Å²) in [6.07, 6.45) is 0.825. The molecule has 0 aliphatic carbocycles. The molecule has 0 aromatic heterocycles. The Morgan fingerprint density at radius 3 is 3.20 bits per heavy atom. The molecule has 4 heteroatoms. The minimum atomic E-state index is -0.0939.